The maximum absolute atomic E-state index is 5.33. The van der Waals surface area contributed by atoms with Crippen molar-refractivity contribution in [3.63, 3.8) is 0 Å². The molecule has 1 aromatic carbocycles. The number of rotatable bonds is 5. The van der Waals surface area contributed by atoms with Crippen LogP contribution >= 0.6 is 11.3 Å². The standard InChI is InChI=1S/C20H24N6S/c1-14-18(15(2)24-25-20(21)22)27-19(23-14)17-9-7-16(8-10-17)6-3-4-11-26-12-5-13-26/h7-10H,4-5,11-13H2,1-2H3,(H4,21,22,25). The third-order valence-electron chi connectivity index (χ3n) is 4.31. The molecule has 140 valence electrons. The molecule has 2 aromatic rings. The molecule has 3 rings (SSSR count). The minimum atomic E-state index is -0.0571. The maximum Gasteiger partial charge on any atom is 0.211 e. The molecule has 0 bridgehead atoms. The highest BCUT2D eigenvalue weighted by Crippen LogP contribution is 2.28. The molecule has 0 radical (unpaired) electrons. The predicted octanol–water partition coefficient (Wildman–Crippen LogP) is 2.56. The lowest BCUT2D eigenvalue weighted by atomic mass is 10.1. The molecule has 1 aliphatic rings. The van der Waals surface area contributed by atoms with E-state index in [9.17, 15) is 0 Å². The lowest BCUT2D eigenvalue weighted by Gasteiger charge is -2.29. The van der Waals surface area contributed by atoms with Gasteiger partial charge >= 0.3 is 0 Å². The third-order valence-corrected chi connectivity index (χ3v) is 5.62. The van der Waals surface area contributed by atoms with E-state index in [1.807, 2.05) is 26.0 Å². The van der Waals surface area contributed by atoms with Crippen molar-refractivity contribution in [3.8, 4) is 22.4 Å². The molecule has 0 aliphatic carbocycles. The monoisotopic (exact) mass is 380 g/mol. The van der Waals surface area contributed by atoms with Gasteiger partial charge in [-0.05, 0) is 45.5 Å². The Kier molecular flexibility index (Phi) is 6.22. The van der Waals surface area contributed by atoms with Crippen molar-refractivity contribution in [2.75, 3.05) is 19.6 Å². The van der Waals surface area contributed by atoms with E-state index in [2.05, 4.69) is 44.1 Å². The fourth-order valence-corrected chi connectivity index (χ4v) is 3.73. The van der Waals surface area contributed by atoms with Crippen LogP contribution in [0.5, 0.6) is 0 Å². The van der Waals surface area contributed by atoms with E-state index in [-0.39, 0.29) is 5.96 Å². The van der Waals surface area contributed by atoms with Gasteiger partial charge in [-0.25, -0.2) is 4.98 Å². The van der Waals surface area contributed by atoms with Crippen LogP contribution in [0.15, 0.2) is 34.5 Å². The Morgan fingerprint density at radius 2 is 1.96 bits per heavy atom. The van der Waals surface area contributed by atoms with Crippen molar-refractivity contribution < 1.29 is 0 Å². The first-order valence-electron chi connectivity index (χ1n) is 8.95. The van der Waals surface area contributed by atoms with Gasteiger partial charge in [-0.2, -0.15) is 5.10 Å². The maximum atomic E-state index is 5.33. The van der Waals surface area contributed by atoms with Gasteiger partial charge in [0.05, 0.1) is 16.3 Å². The zero-order valence-electron chi connectivity index (χ0n) is 15.7. The van der Waals surface area contributed by atoms with Gasteiger partial charge in [0.2, 0.25) is 5.96 Å². The summed E-state index contributed by atoms with van der Waals surface area (Å²) in [6, 6.07) is 8.21. The van der Waals surface area contributed by atoms with Crippen LogP contribution in [0.25, 0.3) is 10.6 Å². The molecule has 0 saturated carbocycles. The van der Waals surface area contributed by atoms with Crippen molar-refractivity contribution in [1.82, 2.24) is 9.88 Å². The molecule has 2 heterocycles. The second-order valence-corrected chi connectivity index (χ2v) is 7.47. The molecule has 0 unspecified atom stereocenters. The lowest BCUT2D eigenvalue weighted by Crippen LogP contribution is -2.37. The highest BCUT2D eigenvalue weighted by molar-refractivity contribution is 7.17. The number of guanidine groups is 1. The average Bonchev–Trinajstić information content (AvgIpc) is 3.00. The normalized spacial score (nSPS) is 14.2. The second kappa shape index (κ2) is 8.80. The van der Waals surface area contributed by atoms with Gasteiger partial charge in [-0.15, -0.1) is 16.4 Å². The zero-order valence-corrected chi connectivity index (χ0v) is 16.5. The number of thiazole rings is 1. The Morgan fingerprint density at radius 1 is 1.22 bits per heavy atom. The number of aromatic nitrogens is 1. The molecule has 1 aromatic heterocycles. The predicted molar refractivity (Wildman–Crippen MR) is 113 cm³/mol. The van der Waals surface area contributed by atoms with Gasteiger partial charge in [-0.1, -0.05) is 24.0 Å². The molecular formula is C20H24N6S. The summed E-state index contributed by atoms with van der Waals surface area (Å²) in [5, 5.41) is 8.70. The Morgan fingerprint density at radius 3 is 2.59 bits per heavy atom. The molecule has 6 nitrogen and oxygen atoms in total. The summed E-state index contributed by atoms with van der Waals surface area (Å²) >= 11 is 1.58. The number of benzene rings is 1. The quantitative estimate of drug-likeness (QED) is 0.361. The van der Waals surface area contributed by atoms with Crippen LogP contribution in [-0.4, -0.2) is 41.2 Å². The second-order valence-electron chi connectivity index (χ2n) is 6.47. The summed E-state index contributed by atoms with van der Waals surface area (Å²) in [5.74, 6) is 6.44. The van der Waals surface area contributed by atoms with Gasteiger partial charge in [0.1, 0.15) is 5.01 Å². The summed E-state index contributed by atoms with van der Waals surface area (Å²) in [4.78, 5) is 8.06. The lowest BCUT2D eigenvalue weighted by molar-refractivity contribution is 0.186. The van der Waals surface area contributed by atoms with E-state index >= 15 is 0 Å². The first-order chi connectivity index (χ1) is 13.0. The SMILES string of the molecule is CC(=NN=C(N)N)c1sc(-c2ccc(C#CCCN3CCC3)cc2)nc1C. The van der Waals surface area contributed by atoms with Gasteiger partial charge in [0.15, 0.2) is 0 Å². The van der Waals surface area contributed by atoms with E-state index < -0.39 is 0 Å². The van der Waals surface area contributed by atoms with Crippen LogP contribution < -0.4 is 11.5 Å². The Hall–Kier alpha value is -2.69. The molecule has 4 N–H and O–H groups in total. The highest BCUT2D eigenvalue weighted by atomic mass is 32.1. The first kappa shape index (κ1) is 19.1. The van der Waals surface area contributed by atoms with E-state index in [4.69, 9.17) is 11.5 Å². The molecule has 1 aliphatic heterocycles. The van der Waals surface area contributed by atoms with Gasteiger partial charge in [0, 0.05) is 24.1 Å². The largest absolute Gasteiger partial charge is 0.369 e. The topological polar surface area (TPSA) is 92.9 Å². The van der Waals surface area contributed by atoms with Gasteiger partial charge in [-0.3, -0.25) is 0 Å². The molecule has 1 fully saturated rings. The number of hydrogen-bond donors (Lipinski definition) is 2. The van der Waals surface area contributed by atoms with Crippen molar-refractivity contribution in [1.29, 1.82) is 0 Å². The summed E-state index contributed by atoms with van der Waals surface area (Å²) < 4.78 is 0. The summed E-state index contributed by atoms with van der Waals surface area (Å²) in [6.45, 7) is 7.36. The van der Waals surface area contributed by atoms with Crippen molar-refractivity contribution in [2.24, 2.45) is 21.7 Å². The Bertz CT molecular complexity index is 906. The van der Waals surface area contributed by atoms with Crippen LogP contribution in [0.1, 0.15) is 35.9 Å². The molecular weight excluding hydrogens is 356 g/mol. The molecule has 0 amide bonds. The summed E-state index contributed by atoms with van der Waals surface area (Å²) in [7, 11) is 0. The van der Waals surface area contributed by atoms with Crippen LogP contribution in [0, 0.1) is 18.8 Å². The zero-order chi connectivity index (χ0) is 19.2. The van der Waals surface area contributed by atoms with Crippen LogP contribution in [0.4, 0.5) is 0 Å². The number of hydrogen-bond acceptors (Lipinski definition) is 5. The molecule has 7 heteroatoms. The highest BCUT2D eigenvalue weighted by Gasteiger charge is 2.12. The van der Waals surface area contributed by atoms with Gasteiger partial charge < -0.3 is 16.4 Å². The summed E-state index contributed by atoms with van der Waals surface area (Å²) in [5.41, 5.74) is 14.4. The van der Waals surface area contributed by atoms with Crippen molar-refractivity contribution >= 4 is 23.0 Å². The van der Waals surface area contributed by atoms with Crippen molar-refractivity contribution in [3.05, 3.63) is 40.4 Å². The van der Waals surface area contributed by atoms with Crippen molar-refractivity contribution in [2.45, 2.75) is 26.7 Å². The molecule has 0 spiro atoms. The average molecular weight is 381 g/mol. The van der Waals surface area contributed by atoms with E-state index in [0.29, 0.717) is 0 Å². The number of nitrogens with two attached hydrogens (primary N) is 2. The third kappa shape index (κ3) is 5.16. The first-order valence-corrected chi connectivity index (χ1v) is 9.77. The molecule has 1 saturated heterocycles. The Labute approximate surface area is 164 Å². The smallest absolute Gasteiger partial charge is 0.211 e. The number of likely N-dealkylation sites (tertiary alicyclic amines) is 1. The van der Waals surface area contributed by atoms with Crippen LogP contribution in [-0.2, 0) is 0 Å². The minimum absolute atomic E-state index is 0.0571. The number of nitrogens with zero attached hydrogens (tertiary/aromatic N) is 4. The molecule has 27 heavy (non-hydrogen) atoms. The van der Waals surface area contributed by atoms with E-state index in [1.54, 1.807) is 11.3 Å². The van der Waals surface area contributed by atoms with Crippen LogP contribution in [0.3, 0.4) is 0 Å². The Balaban J connectivity index is 1.68. The number of aryl methyl sites for hydroxylation is 1. The minimum Gasteiger partial charge on any atom is -0.369 e. The van der Waals surface area contributed by atoms with Gasteiger partial charge in [0.25, 0.3) is 0 Å². The van der Waals surface area contributed by atoms with Crippen LogP contribution in [0.2, 0.25) is 0 Å². The van der Waals surface area contributed by atoms with E-state index in [0.717, 1.165) is 45.4 Å². The fourth-order valence-electron chi connectivity index (χ4n) is 2.71. The molecule has 0 atom stereocenters. The summed E-state index contributed by atoms with van der Waals surface area (Å²) in [6.07, 6.45) is 2.25. The fraction of sp³-hybridized carbons (Fsp3) is 0.350. The van der Waals surface area contributed by atoms with E-state index in [1.165, 1.54) is 19.5 Å².